The van der Waals surface area contributed by atoms with Gasteiger partial charge in [-0.15, -0.1) is 0 Å². The molecule has 0 aromatic heterocycles. The fourth-order valence-corrected chi connectivity index (χ4v) is 2.47. The van der Waals surface area contributed by atoms with Crippen LogP contribution in [0.15, 0.2) is 24.3 Å². The van der Waals surface area contributed by atoms with Crippen LogP contribution in [0.4, 0.5) is 10.5 Å². The minimum atomic E-state index is -0.268. The Balaban J connectivity index is 2.07. The molecule has 1 aromatic carbocycles. The molecule has 1 aliphatic heterocycles. The van der Waals surface area contributed by atoms with E-state index in [0.717, 1.165) is 13.1 Å². The first kappa shape index (κ1) is 16.3. The molecule has 6 heteroatoms. The lowest BCUT2D eigenvalue weighted by Gasteiger charge is -2.34. The van der Waals surface area contributed by atoms with Gasteiger partial charge in [0.2, 0.25) is 0 Å². The monoisotopic (exact) mass is 304 g/mol. The largest absolute Gasteiger partial charge is 0.336 e. The second-order valence-corrected chi connectivity index (χ2v) is 5.89. The van der Waals surface area contributed by atoms with E-state index in [4.69, 9.17) is 0 Å². The Kier molecular flexibility index (Phi) is 5.38. The molecular formula is C16H24N4O2. The topological polar surface area (TPSA) is 73.5 Å². The molecule has 0 unspecified atom stereocenters. The number of nitrogens with zero attached hydrogens (tertiary/aromatic N) is 1. The molecule has 1 fully saturated rings. The highest BCUT2D eigenvalue weighted by atomic mass is 16.2. The SMILES string of the molecule is CC(C)NC(=O)Nc1cccc(C(=O)N2CCNC[C@@H]2C)c1. The van der Waals surface area contributed by atoms with Crippen molar-refractivity contribution in [3.05, 3.63) is 29.8 Å². The van der Waals surface area contributed by atoms with Gasteiger partial charge in [0.05, 0.1) is 0 Å². The third-order valence-corrected chi connectivity index (χ3v) is 3.55. The Labute approximate surface area is 131 Å². The molecule has 1 atom stereocenters. The number of anilines is 1. The van der Waals surface area contributed by atoms with Gasteiger partial charge in [-0.25, -0.2) is 4.79 Å². The molecule has 0 bridgehead atoms. The molecule has 0 spiro atoms. The van der Waals surface area contributed by atoms with Crippen molar-refractivity contribution in [1.29, 1.82) is 0 Å². The number of hydrogen-bond acceptors (Lipinski definition) is 3. The van der Waals surface area contributed by atoms with Crippen molar-refractivity contribution in [3.63, 3.8) is 0 Å². The molecule has 0 saturated carbocycles. The van der Waals surface area contributed by atoms with E-state index < -0.39 is 0 Å². The van der Waals surface area contributed by atoms with E-state index in [1.165, 1.54) is 0 Å². The zero-order valence-corrected chi connectivity index (χ0v) is 13.3. The van der Waals surface area contributed by atoms with E-state index >= 15 is 0 Å². The molecule has 1 aromatic rings. The standard InChI is InChI=1S/C16H24N4O2/c1-11(2)18-16(22)19-14-6-4-5-13(9-14)15(21)20-8-7-17-10-12(20)3/h4-6,9,11-12,17H,7-8,10H2,1-3H3,(H2,18,19,22)/t12-/m0/s1. The lowest BCUT2D eigenvalue weighted by Crippen LogP contribution is -2.52. The Morgan fingerprint density at radius 3 is 2.82 bits per heavy atom. The number of benzene rings is 1. The van der Waals surface area contributed by atoms with Gasteiger partial charge < -0.3 is 20.9 Å². The summed E-state index contributed by atoms with van der Waals surface area (Å²) in [6.07, 6.45) is 0. The maximum Gasteiger partial charge on any atom is 0.319 e. The number of urea groups is 1. The Morgan fingerprint density at radius 1 is 1.36 bits per heavy atom. The summed E-state index contributed by atoms with van der Waals surface area (Å²) in [7, 11) is 0. The summed E-state index contributed by atoms with van der Waals surface area (Å²) < 4.78 is 0. The van der Waals surface area contributed by atoms with Gasteiger partial charge in [0.15, 0.2) is 0 Å². The van der Waals surface area contributed by atoms with E-state index in [2.05, 4.69) is 16.0 Å². The molecule has 3 amide bonds. The molecule has 1 saturated heterocycles. The summed E-state index contributed by atoms with van der Waals surface area (Å²) in [5.41, 5.74) is 1.21. The van der Waals surface area contributed by atoms with Gasteiger partial charge in [-0.2, -0.15) is 0 Å². The van der Waals surface area contributed by atoms with Crippen LogP contribution in [0.3, 0.4) is 0 Å². The van der Waals surface area contributed by atoms with Crippen LogP contribution in [0.1, 0.15) is 31.1 Å². The summed E-state index contributed by atoms with van der Waals surface area (Å²) in [4.78, 5) is 26.2. The average Bonchev–Trinajstić information content (AvgIpc) is 2.46. The van der Waals surface area contributed by atoms with Crippen molar-refractivity contribution in [1.82, 2.24) is 15.5 Å². The lowest BCUT2D eigenvalue weighted by molar-refractivity contribution is 0.0656. The molecule has 2 rings (SSSR count). The van der Waals surface area contributed by atoms with Gasteiger partial charge in [0.25, 0.3) is 5.91 Å². The number of carbonyl (C=O) groups is 2. The van der Waals surface area contributed by atoms with Crippen molar-refractivity contribution in [3.8, 4) is 0 Å². The minimum absolute atomic E-state index is 0.00178. The second kappa shape index (κ2) is 7.26. The maximum atomic E-state index is 12.6. The van der Waals surface area contributed by atoms with Gasteiger partial charge in [0.1, 0.15) is 0 Å². The van der Waals surface area contributed by atoms with Crippen LogP contribution >= 0.6 is 0 Å². The van der Waals surface area contributed by atoms with E-state index in [1.54, 1.807) is 24.3 Å². The van der Waals surface area contributed by atoms with Gasteiger partial charge in [-0.1, -0.05) is 6.07 Å². The lowest BCUT2D eigenvalue weighted by atomic mass is 10.1. The van der Waals surface area contributed by atoms with E-state index in [0.29, 0.717) is 17.8 Å². The van der Waals surface area contributed by atoms with Crippen LogP contribution < -0.4 is 16.0 Å². The maximum absolute atomic E-state index is 12.6. The van der Waals surface area contributed by atoms with Crippen LogP contribution in [0.2, 0.25) is 0 Å². The summed E-state index contributed by atoms with van der Waals surface area (Å²) in [6, 6.07) is 7.02. The first-order valence-corrected chi connectivity index (χ1v) is 7.66. The Morgan fingerprint density at radius 2 is 2.14 bits per heavy atom. The summed E-state index contributed by atoms with van der Waals surface area (Å²) in [5, 5.41) is 8.77. The normalized spacial score (nSPS) is 18.2. The summed E-state index contributed by atoms with van der Waals surface area (Å²) >= 11 is 0. The molecule has 6 nitrogen and oxygen atoms in total. The average molecular weight is 304 g/mol. The van der Waals surface area contributed by atoms with Crippen molar-refractivity contribution >= 4 is 17.6 Å². The number of carbonyl (C=O) groups excluding carboxylic acids is 2. The predicted octanol–water partition coefficient (Wildman–Crippen LogP) is 1.65. The smallest absolute Gasteiger partial charge is 0.319 e. The van der Waals surface area contributed by atoms with E-state index in [-0.39, 0.29) is 24.0 Å². The van der Waals surface area contributed by atoms with Gasteiger partial charge >= 0.3 is 6.03 Å². The molecule has 0 aliphatic carbocycles. The van der Waals surface area contributed by atoms with Crippen LogP contribution in [-0.4, -0.2) is 48.6 Å². The van der Waals surface area contributed by atoms with Gasteiger partial charge in [-0.05, 0) is 39.0 Å². The third kappa shape index (κ3) is 4.21. The fraction of sp³-hybridized carbons (Fsp3) is 0.500. The van der Waals surface area contributed by atoms with Crippen molar-refractivity contribution in [2.75, 3.05) is 25.0 Å². The van der Waals surface area contributed by atoms with E-state index in [9.17, 15) is 9.59 Å². The Hall–Kier alpha value is -2.08. The number of nitrogens with one attached hydrogen (secondary N) is 3. The molecule has 0 radical (unpaired) electrons. The number of rotatable bonds is 3. The second-order valence-electron chi connectivity index (χ2n) is 5.89. The van der Waals surface area contributed by atoms with Crippen molar-refractivity contribution in [2.24, 2.45) is 0 Å². The van der Waals surface area contributed by atoms with E-state index in [1.807, 2.05) is 25.7 Å². The molecule has 120 valence electrons. The number of hydrogen-bond donors (Lipinski definition) is 3. The number of piperazine rings is 1. The zero-order chi connectivity index (χ0) is 16.1. The minimum Gasteiger partial charge on any atom is -0.336 e. The quantitative estimate of drug-likeness (QED) is 0.795. The third-order valence-electron chi connectivity index (χ3n) is 3.55. The predicted molar refractivity (Wildman–Crippen MR) is 87.1 cm³/mol. The first-order valence-electron chi connectivity index (χ1n) is 7.66. The fourth-order valence-electron chi connectivity index (χ4n) is 2.47. The van der Waals surface area contributed by atoms with Gasteiger partial charge in [0, 0.05) is 43.0 Å². The highest BCUT2D eigenvalue weighted by Gasteiger charge is 2.24. The van der Waals surface area contributed by atoms with Crippen LogP contribution in [0.25, 0.3) is 0 Å². The molecule has 1 heterocycles. The van der Waals surface area contributed by atoms with Crippen LogP contribution in [0, 0.1) is 0 Å². The molecule has 1 aliphatic rings. The highest BCUT2D eigenvalue weighted by molar-refractivity contribution is 5.97. The zero-order valence-electron chi connectivity index (χ0n) is 13.3. The molecule has 22 heavy (non-hydrogen) atoms. The van der Waals surface area contributed by atoms with Crippen molar-refractivity contribution < 1.29 is 9.59 Å². The van der Waals surface area contributed by atoms with Gasteiger partial charge in [-0.3, -0.25) is 4.79 Å². The number of amides is 3. The van der Waals surface area contributed by atoms with Crippen LogP contribution in [-0.2, 0) is 0 Å². The highest BCUT2D eigenvalue weighted by Crippen LogP contribution is 2.15. The first-order chi connectivity index (χ1) is 10.5. The van der Waals surface area contributed by atoms with Crippen molar-refractivity contribution in [2.45, 2.75) is 32.9 Å². The molecule has 3 N–H and O–H groups in total. The molecular weight excluding hydrogens is 280 g/mol. The summed E-state index contributed by atoms with van der Waals surface area (Å²) in [5.74, 6) is 0.00178. The summed E-state index contributed by atoms with van der Waals surface area (Å²) in [6.45, 7) is 8.13. The van der Waals surface area contributed by atoms with Crippen LogP contribution in [0.5, 0.6) is 0 Å². The Bertz CT molecular complexity index is 545.